The van der Waals surface area contributed by atoms with E-state index in [2.05, 4.69) is 20.8 Å². The number of amides is 1. The van der Waals surface area contributed by atoms with Crippen LogP contribution >= 0.6 is 23.1 Å². The number of anilines is 2. The average molecular weight is 454 g/mol. The van der Waals surface area contributed by atoms with Crippen molar-refractivity contribution in [3.63, 3.8) is 0 Å². The highest BCUT2D eigenvalue weighted by molar-refractivity contribution is 8.01. The minimum Gasteiger partial charge on any atom is -0.455 e. The summed E-state index contributed by atoms with van der Waals surface area (Å²) in [6.45, 7) is 0.785. The van der Waals surface area contributed by atoms with Gasteiger partial charge in [-0.15, -0.1) is 10.2 Å². The summed E-state index contributed by atoms with van der Waals surface area (Å²) in [6.07, 6.45) is -4.34. The largest absolute Gasteiger partial charge is 0.455 e. The van der Waals surface area contributed by atoms with Crippen LogP contribution < -0.4 is 15.4 Å². The van der Waals surface area contributed by atoms with E-state index in [1.165, 1.54) is 0 Å². The van der Waals surface area contributed by atoms with Crippen molar-refractivity contribution in [3.05, 3.63) is 54.1 Å². The molecule has 30 heavy (non-hydrogen) atoms. The van der Waals surface area contributed by atoms with Gasteiger partial charge in [0.1, 0.15) is 12.3 Å². The summed E-state index contributed by atoms with van der Waals surface area (Å²) in [5, 5.41) is 12.4. The fraction of sp³-hybridized carbons (Fsp3) is 0.211. The Morgan fingerprint density at radius 2 is 1.87 bits per heavy atom. The minimum atomic E-state index is -4.34. The summed E-state index contributed by atoms with van der Waals surface area (Å²) < 4.78 is 42.9. The third-order valence-electron chi connectivity index (χ3n) is 3.58. The van der Waals surface area contributed by atoms with Crippen LogP contribution in [0.2, 0.25) is 0 Å². The van der Waals surface area contributed by atoms with E-state index in [1.54, 1.807) is 24.3 Å². The Bertz CT molecular complexity index is 994. The topological polar surface area (TPSA) is 76.1 Å². The number of rotatable bonds is 8. The molecule has 3 rings (SSSR count). The third-order valence-corrected chi connectivity index (χ3v) is 5.60. The molecule has 1 heterocycles. The molecule has 0 aliphatic carbocycles. The van der Waals surface area contributed by atoms with Crippen LogP contribution in [-0.2, 0) is 4.79 Å². The Labute approximate surface area is 178 Å². The lowest BCUT2D eigenvalue weighted by atomic mass is 10.2. The van der Waals surface area contributed by atoms with E-state index in [1.807, 2.05) is 31.2 Å². The summed E-state index contributed by atoms with van der Waals surface area (Å²) in [5.74, 6) is 0.853. The number of nitrogens with one attached hydrogen (secondary N) is 2. The van der Waals surface area contributed by atoms with Crippen molar-refractivity contribution < 1.29 is 22.7 Å². The number of hydrogen-bond donors (Lipinski definition) is 2. The van der Waals surface area contributed by atoms with Crippen molar-refractivity contribution in [2.24, 2.45) is 0 Å². The second-order valence-corrected chi connectivity index (χ2v) is 8.29. The molecule has 158 valence electrons. The predicted octanol–water partition coefficient (Wildman–Crippen LogP) is 5.34. The number of halogens is 3. The summed E-state index contributed by atoms with van der Waals surface area (Å²) >= 11 is 2.04. The van der Waals surface area contributed by atoms with Crippen molar-refractivity contribution >= 4 is 39.8 Å². The number of carbonyl (C=O) groups is 1. The van der Waals surface area contributed by atoms with Gasteiger partial charge in [-0.3, -0.25) is 4.79 Å². The van der Waals surface area contributed by atoms with E-state index in [0.717, 1.165) is 28.7 Å². The van der Waals surface area contributed by atoms with Crippen LogP contribution in [0.1, 0.15) is 5.56 Å². The molecule has 0 fully saturated rings. The van der Waals surface area contributed by atoms with Crippen LogP contribution in [0.3, 0.4) is 0 Å². The van der Waals surface area contributed by atoms with Gasteiger partial charge in [-0.25, -0.2) is 0 Å². The molecule has 6 nitrogen and oxygen atoms in total. The van der Waals surface area contributed by atoms with Crippen LogP contribution in [0.25, 0.3) is 0 Å². The second kappa shape index (κ2) is 9.81. The van der Waals surface area contributed by atoms with Crippen LogP contribution in [0.4, 0.5) is 24.0 Å². The summed E-state index contributed by atoms with van der Waals surface area (Å²) in [4.78, 5) is 12.3. The van der Waals surface area contributed by atoms with E-state index in [0.29, 0.717) is 21.5 Å². The van der Waals surface area contributed by atoms with Crippen LogP contribution in [0.5, 0.6) is 11.5 Å². The SMILES string of the molecule is Cc1ccc(Oc2ccccc2NC(=O)CSc2nnc(NCC(F)(F)F)s2)cc1. The van der Waals surface area contributed by atoms with Gasteiger partial charge in [0.25, 0.3) is 0 Å². The zero-order valence-electron chi connectivity index (χ0n) is 15.7. The van der Waals surface area contributed by atoms with Crippen LogP contribution in [0, 0.1) is 6.92 Å². The van der Waals surface area contributed by atoms with Crippen LogP contribution in [0.15, 0.2) is 52.9 Å². The third kappa shape index (κ3) is 6.92. The fourth-order valence-corrected chi connectivity index (χ4v) is 3.77. The molecule has 0 aliphatic heterocycles. The molecule has 3 aromatic rings. The van der Waals surface area contributed by atoms with Gasteiger partial charge in [0.2, 0.25) is 11.0 Å². The highest BCUT2D eigenvalue weighted by Crippen LogP contribution is 2.30. The van der Waals surface area contributed by atoms with Gasteiger partial charge in [0.15, 0.2) is 10.1 Å². The quantitative estimate of drug-likeness (QED) is 0.447. The van der Waals surface area contributed by atoms with E-state index in [4.69, 9.17) is 4.74 Å². The Kier molecular flexibility index (Phi) is 7.16. The van der Waals surface area contributed by atoms with Crippen molar-refractivity contribution in [1.29, 1.82) is 0 Å². The molecule has 2 aromatic carbocycles. The molecular weight excluding hydrogens is 437 g/mol. The molecule has 0 spiro atoms. The molecule has 11 heteroatoms. The van der Waals surface area contributed by atoms with Crippen molar-refractivity contribution in [3.8, 4) is 11.5 Å². The molecule has 0 radical (unpaired) electrons. The van der Waals surface area contributed by atoms with Crippen molar-refractivity contribution in [1.82, 2.24) is 10.2 Å². The Morgan fingerprint density at radius 1 is 1.13 bits per heavy atom. The second-order valence-electron chi connectivity index (χ2n) is 6.09. The number of aromatic nitrogens is 2. The first-order chi connectivity index (χ1) is 14.3. The average Bonchev–Trinajstić information content (AvgIpc) is 3.16. The Hall–Kier alpha value is -2.79. The number of nitrogens with zero attached hydrogens (tertiary/aromatic N) is 2. The zero-order chi connectivity index (χ0) is 21.6. The first-order valence-corrected chi connectivity index (χ1v) is 10.5. The lowest BCUT2D eigenvalue weighted by Crippen LogP contribution is -2.21. The molecule has 0 saturated heterocycles. The number of aryl methyl sites for hydroxylation is 1. The van der Waals surface area contributed by atoms with E-state index in [9.17, 15) is 18.0 Å². The lowest BCUT2D eigenvalue weighted by Gasteiger charge is -2.12. The van der Waals surface area contributed by atoms with Gasteiger partial charge in [0, 0.05) is 0 Å². The molecule has 0 bridgehead atoms. The van der Waals surface area contributed by atoms with Gasteiger partial charge in [-0.2, -0.15) is 13.2 Å². The highest BCUT2D eigenvalue weighted by atomic mass is 32.2. The zero-order valence-corrected chi connectivity index (χ0v) is 17.3. The summed E-state index contributed by atoms with van der Waals surface area (Å²) in [7, 11) is 0. The number of carbonyl (C=O) groups excluding carboxylic acids is 1. The van der Waals surface area contributed by atoms with Crippen LogP contribution in [-0.4, -0.2) is 34.6 Å². The number of alkyl halides is 3. The summed E-state index contributed by atoms with van der Waals surface area (Å²) in [6, 6.07) is 14.5. The monoisotopic (exact) mass is 454 g/mol. The molecule has 2 N–H and O–H groups in total. The maximum absolute atomic E-state index is 12.3. The maximum Gasteiger partial charge on any atom is 0.405 e. The number of hydrogen-bond acceptors (Lipinski definition) is 7. The van der Waals surface area contributed by atoms with E-state index < -0.39 is 12.7 Å². The Balaban J connectivity index is 1.54. The normalized spacial score (nSPS) is 11.2. The summed E-state index contributed by atoms with van der Waals surface area (Å²) in [5.41, 5.74) is 1.61. The fourth-order valence-electron chi connectivity index (χ4n) is 2.22. The first-order valence-electron chi connectivity index (χ1n) is 8.69. The standard InChI is InChI=1S/C19H17F3N4O2S2/c1-12-6-8-13(9-7-12)28-15-5-3-2-4-14(15)24-16(27)10-29-18-26-25-17(30-18)23-11-19(20,21)22/h2-9H,10-11H2,1H3,(H,23,25)(H,24,27). The smallest absolute Gasteiger partial charge is 0.405 e. The highest BCUT2D eigenvalue weighted by Gasteiger charge is 2.27. The number of para-hydroxylation sites is 2. The molecule has 0 saturated carbocycles. The molecule has 0 atom stereocenters. The van der Waals surface area contributed by atoms with Gasteiger partial charge in [-0.05, 0) is 31.2 Å². The Morgan fingerprint density at radius 3 is 2.60 bits per heavy atom. The molecule has 0 aliphatic rings. The predicted molar refractivity (Wildman–Crippen MR) is 112 cm³/mol. The number of ether oxygens (including phenoxy) is 1. The molecule has 0 unspecified atom stereocenters. The molecular formula is C19H17F3N4O2S2. The van der Waals surface area contributed by atoms with Gasteiger partial charge >= 0.3 is 6.18 Å². The first kappa shape index (κ1) is 21.9. The van der Waals surface area contributed by atoms with E-state index >= 15 is 0 Å². The molecule has 1 aromatic heterocycles. The minimum absolute atomic E-state index is 0.0206. The number of thioether (sulfide) groups is 1. The van der Waals surface area contributed by atoms with E-state index in [-0.39, 0.29) is 16.8 Å². The number of benzene rings is 2. The molecule has 1 amide bonds. The van der Waals surface area contributed by atoms with Gasteiger partial charge < -0.3 is 15.4 Å². The van der Waals surface area contributed by atoms with Crippen molar-refractivity contribution in [2.45, 2.75) is 17.4 Å². The maximum atomic E-state index is 12.3. The van der Waals surface area contributed by atoms with Gasteiger partial charge in [0.05, 0.1) is 11.4 Å². The van der Waals surface area contributed by atoms with Crippen molar-refractivity contribution in [2.75, 3.05) is 22.9 Å². The lowest BCUT2D eigenvalue weighted by molar-refractivity contribution is -0.115. The van der Waals surface area contributed by atoms with Gasteiger partial charge in [-0.1, -0.05) is 52.9 Å².